The standard InChI is InChI=1S/C21H29N5O2S/c22-17(27)11-13-1-6-16-18(13)19-20(23-12-24-21(19)29-16)25-14-2-4-15(5-3-14)26-7-9-28-10-8-26/h12-15H,1-11H2,(H2,22,27)(H,23,24,25)/t13-,14?,15?/m0/s1. The number of fused-ring (bicyclic) bond motifs is 3. The topological polar surface area (TPSA) is 93.4 Å². The molecule has 3 heterocycles. The summed E-state index contributed by atoms with van der Waals surface area (Å²) in [5, 5.41) is 4.86. The minimum atomic E-state index is -0.227. The van der Waals surface area contributed by atoms with E-state index in [2.05, 4.69) is 20.2 Å². The van der Waals surface area contributed by atoms with Crippen LogP contribution in [0.25, 0.3) is 10.2 Å². The predicted molar refractivity (Wildman–Crippen MR) is 114 cm³/mol. The number of morpholine rings is 1. The number of rotatable bonds is 5. The van der Waals surface area contributed by atoms with Gasteiger partial charge in [-0.15, -0.1) is 11.3 Å². The molecule has 0 bridgehead atoms. The van der Waals surface area contributed by atoms with Crippen LogP contribution in [0.5, 0.6) is 0 Å². The molecule has 3 N–H and O–H groups in total. The molecule has 2 aromatic heterocycles. The van der Waals surface area contributed by atoms with Crippen molar-refractivity contribution in [1.29, 1.82) is 0 Å². The van der Waals surface area contributed by atoms with Gasteiger partial charge in [-0.2, -0.15) is 0 Å². The van der Waals surface area contributed by atoms with Gasteiger partial charge < -0.3 is 15.8 Å². The van der Waals surface area contributed by atoms with E-state index in [-0.39, 0.29) is 11.8 Å². The van der Waals surface area contributed by atoms with Crippen molar-refractivity contribution in [2.24, 2.45) is 5.73 Å². The number of carbonyl (C=O) groups is 1. The Morgan fingerprint density at radius 2 is 2.00 bits per heavy atom. The molecule has 2 fully saturated rings. The lowest BCUT2D eigenvalue weighted by molar-refractivity contribution is -0.118. The first kappa shape index (κ1) is 19.2. The fraction of sp³-hybridized carbons (Fsp3) is 0.667. The maximum Gasteiger partial charge on any atom is 0.218 e. The molecule has 7 nitrogen and oxygen atoms in total. The minimum Gasteiger partial charge on any atom is -0.379 e. The smallest absolute Gasteiger partial charge is 0.218 e. The third-order valence-corrected chi connectivity index (χ3v) is 7.95. The zero-order valence-corrected chi connectivity index (χ0v) is 17.5. The van der Waals surface area contributed by atoms with Gasteiger partial charge in [0.1, 0.15) is 17.0 Å². The molecule has 1 saturated heterocycles. The number of carbonyl (C=O) groups excluding carboxylic acids is 1. The fourth-order valence-electron chi connectivity index (χ4n) is 5.35. The number of nitrogens with one attached hydrogen (secondary N) is 1. The number of anilines is 1. The summed E-state index contributed by atoms with van der Waals surface area (Å²) in [4.78, 5) is 25.7. The van der Waals surface area contributed by atoms with Gasteiger partial charge in [-0.05, 0) is 50.0 Å². The average Bonchev–Trinajstić information content (AvgIpc) is 3.29. The van der Waals surface area contributed by atoms with Crippen LogP contribution >= 0.6 is 11.3 Å². The summed E-state index contributed by atoms with van der Waals surface area (Å²) >= 11 is 1.75. The number of amides is 1. The molecule has 0 aromatic carbocycles. The molecule has 3 aliphatic rings. The lowest BCUT2D eigenvalue weighted by Gasteiger charge is -2.39. The molecule has 0 unspecified atom stereocenters. The molecular formula is C21H29N5O2S. The van der Waals surface area contributed by atoms with E-state index in [9.17, 15) is 4.79 Å². The number of primary amides is 1. The monoisotopic (exact) mass is 415 g/mol. The van der Waals surface area contributed by atoms with Gasteiger partial charge in [0.15, 0.2) is 0 Å². The summed E-state index contributed by atoms with van der Waals surface area (Å²) in [7, 11) is 0. The summed E-state index contributed by atoms with van der Waals surface area (Å²) in [6.07, 6.45) is 8.85. The molecule has 0 radical (unpaired) electrons. The SMILES string of the molecule is NC(=O)C[C@@H]1CCc2sc3ncnc(NC4CCC(N5CCOCC5)CC4)c3c21. The van der Waals surface area contributed by atoms with Gasteiger partial charge in [-0.1, -0.05) is 0 Å². The minimum absolute atomic E-state index is 0.208. The van der Waals surface area contributed by atoms with Crippen molar-refractivity contribution in [3.63, 3.8) is 0 Å². The van der Waals surface area contributed by atoms with E-state index in [1.165, 1.54) is 23.3 Å². The quantitative estimate of drug-likeness (QED) is 0.780. The highest BCUT2D eigenvalue weighted by molar-refractivity contribution is 7.19. The second-order valence-corrected chi connectivity index (χ2v) is 9.63. The van der Waals surface area contributed by atoms with Crippen LogP contribution in [0.1, 0.15) is 54.9 Å². The highest BCUT2D eigenvalue weighted by Gasteiger charge is 2.32. The van der Waals surface area contributed by atoms with Crippen molar-refractivity contribution in [2.45, 2.75) is 62.9 Å². The molecule has 156 valence electrons. The van der Waals surface area contributed by atoms with Crippen LogP contribution in [0.4, 0.5) is 5.82 Å². The van der Waals surface area contributed by atoms with Crippen LogP contribution in [-0.4, -0.2) is 59.2 Å². The van der Waals surface area contributed by atoms with Gasteiger partial charge in [0.25, 0.3) is 0 Å². The van der Waals surface area contributed by atoms with E-state index in [1.807, 2.05) is 0 Å². The Morgan fingerprint density at radius 1 is 1.21 bits per heavy atom. The van der Waals surface area contributed by atoms with E-state index < -0.39 is 0 Å². The zero-order chi connectivity index (χ0) is 19.8. The van der Waals surface area contributed by atoms with Crippen LogP contribution < -0.4 is 11.1 Å². The molecular weight excluding hydrogens is 386 g/mol. The summed E-state index contributed by atoms with van der Waals surface area (Å²) < 4.78 is 5.50. The first-order valence-corrected chi connectivity index (χ1v) is 11.6. The number of thiophene rings is 1. The Morgan fingerprint density at radius 3 is 2.76 bits per heavy atom. The van der Waals surface area contributed by atoms with E-state index in [4.69, 9.17) is 10.5 Å². The van der Waals surface area contributed by atoms with Crippen molar-refractivity contribution < 1.29 is 9.53 Å². The van der Waals surface area contributed by atoms with E-state index in [1.54, 1.807) is 17.7 Å². The second kappa shape index (κ2) is 8.16. The molecule has 1 saturated carbocycles. The molecule has 1 aliphatic heterocycles. The summed E-state index contributed by atoms with van der Waals surface area (Å²) in [6.45, 7) is 3.87. The molecule has 0 spiro atoms. The summed E-state index contributed by atoms with van der Waals surface area (Å²) in [5.41, 5.74) is 6.78. The van der Waals surface area contributed by atoms with Crippen LogP contribution in [0.3, 0.4) is 0 Å². The summed E-state index contributed by atoms with van der Waals surface area (Å²) in [5.74, 6) is 0.925. The highest BCUT2D eigenvalue weighted by Crippen LogP contribution is 2.46. The molecule has 1 atom stereocenters. The number of aryl methyl sites for hydroxylation is 1. The number of nitrogens with two attached hydrogens (primary N) is 1. The highest BCUT2D eigenvalue weighted by atomic mass is 32.1. The largest absolute Gasteiger partial charge is 0.379 e. The molecule has 8 heteroatoms. The third-order valence-electron chi connectivity index (χ3n) is 6.78. The molecule has 5 rings (SSSR count). The number of hydrogen-bond acceptors (Lipinski definition) is 7. The predicted octanol–water partition coefficient (Wildman–Crippen LogP) is 2.65. The van der Waals surface area contributed by atoms with Crippen molar-refractivity contribution >= 4 is 33.3 Å². The van der Waals surface area contributed by atoms with Crippen LogP contribution in [0, 0.1) is 0 Å². The van der Waals surface area contributed by atoms with Crippen molar-refractivity contribution in [3.05, 3.63) is 16.8 Å². The second-order valence-electron chi connectivity index (χ2n) is 8.55. The van der Waals surface area contributed by atoms with Gasteiger partial charge >= 0.3 is 0 Å². The fourth-order valence-corrected chi connectivity index (χ4v) is 6.59. The van der Waals surface area contributed by atoms with Crippen LogP contribution in [0.15, 0.2) is 6.33 Å². The van der Waals surface area contributed by atoms with E-state index in [0.29, 0.717) is 18.5 Å². The Kier molecular flexibility index (Phi) is 5.41. The summed E-state index contributed by atoms with van der Waals surface area (Å²) in [6, 6.07) is 1.13. The number of ether oxygens (including phenoxy) is 1. The molecule has 2 aromatic rings. The normalized spacial score (nSPS) is 27.8. The first-order valence-electron chi connectivity index (χ1n) is 10.8. The van der Waals surface area contributed by atoms with Gasteiger partial charge in [0.2, 0.25) is 5.91 Å². The maximum atomic E-state index is 11.6. The Balaban J connectivity index is 1.32. The van der Waals surface area contributed by atoms with Crippen LogP contribution in [0.2, 0.25) is 0 Å². The molecule has 1 amide bonds. The lowest BCUT2D eigenvalue weighted by Crippen LogP contribution is -2.46. The van der Waals surface area contributed by atoms with E-state index in [0.717, 1.165) is 68.0 Å². The Hall–Kier alpha value is -1.77. The zero-order valence-electron chi connectivity index (χ0n) is 16.7. The number of nitrogens with zero attached hydrogens (tertiary/aromatic N) is 3. The van der Waals surface area contributed by atoms with Gasteiger partial charge in [0, 0.05) is 36.5 Å². The third kappa shape index (κ3) is 3.85. The van der Waals surface area contributed by atoms with Crippen molar-refractivity contribution in [3.8, 4) is 0 Å². The van der Waals surface area contributed by atoms with Crippen molar-refractivity contribution in [1.82, 2.24) is 14.9 Å². The lowest BCUT2D eigenvalue weighted by atomic mass is 9.89. The van der Waals surface area contributed by atoms with Gasteiger partial charge in [0.05, 0.1) is 18.6 Å². The first-order chi connectivity index (χ1) is 14.2. The van der Waals surface area contributed by atoms with E-state index >= 15 is 0 Å². The van der Waals surface area contributed by atoms with Crippen LogP contribution in [-0.2, 0) is 16.0 Å². The van der Waals surface area contributed by atoms with Gasteiger partial charge in [-0.25, -0.2) is 9.97 Å². The average molecular weight is 416 g/mol. The Bertz CT molecular complexity index is 887. The number of aromatic nitrogens is 2. The molecule has 2 aliphatic carbocycles. The molecule has 29 heavy (non-hydrogen) atoms. The Labute approximate surface area is 175 Å². The van der Waals surface area contributed by atoms with Gasteiger partial charge in [-0.3, -0.25) is 9.69 Å². The maximum absolute atomic E-state index is 11.6. The number of hydrogen-bond donors (Lipinski definition) is 2. The van der Waals surface area contributed by atoms with Crippen molar-refractivity contribution in [2.75, 3.05) is 31.6 Å².